The highest BCUT2D eigenvalue weighted by atomic mass is 16.2. The van der Waals surface area contributed by atoms with Crippen LogP contribution in [-0.4, -0.2) is 21.3 Å². The molecule has 0 saturated heterocycles. The smallest absolute Gasteiger partial charge is 0.113 e. The summed E-state index contributed by atoms with van der Waals surface area (Å²) in [6.07, 6.45) is 3.67. The first kappa shape index (κ1) is 15.5. The van der Waals surface area contributed by atoms with Gasteiger partial charge in [-0.1, -0.05) is 48.9 Å². The van der Waals surface area contributed by atoms with Crippen molar-refractivity contribution in [3.8, 4) is 16.9 Å². The molecule has 0 radical (unpaired) electrons. The molecule has 3 heteroatoms. The van der Waals surface area contributed by atoms with E-state index in [0.29, 0.717) is 6.42 Å². The van der Waals surface area contributed by atoms with Crippen molar-refractivity contribution in [1.82, 2.24) is 9.55 Å². The van der Waals surface area contributed by atoms with Crippen molar-refractivity contribution in [1.29, 1.82) is 0 Å². The molecule has 23 heavy (non-hydrogen) atoms. The zero-order chi connectivity index (χ0) is 16.2. The topological polar surface area (TPSA) is 38.0 Å². The molecule has 0 atom stereocenters. The van der Waals surface area contributed by atoms with Gasteiger partial charge < -0.3 is 9.67 Å². The van der Waals surface area contributed by atoms with Gasteiger partial charge in [0, 0.05) is 30.5 Å². The zero-order valence-corrected chi connectivity index (χ0v) is 13.7. The van der Waals surface area contributed by atoms with E-state index in [4.69, 9.17) is 10.1 Å². The Morgan fingerprint density at radius 1 is 1.00 bits per heavy atom. The van der Waals surface area contributed by atoms with Gasteiger partial charge in [-0.15, -0.1) is 0 Å². The van der Waals surface area contributed by atoms with Crippen molar-refractivity contribution in [3.05, 3.63) is 71.7 Å². The molecular weight excluding hydrogens is 284 g/mol. The predicted molar refractivity (Wildman–Crippen MR) is 93.9 cm³/mol. The van der Waals surface area contributed by atoms with Crippen LogP contribution in [0.1, 0.15) is 23.9 Å². The van der Waals surface area contributed by atoms with Crippen molar-refractivity contribution < 1.29 is 5.11 Å². The maximum atomic E-state index is 9.02. The van der Waals surface area contributed by atoms with Crippen LogP contribution >= 0.6 is 0 Å². The minimum Gasteiger partial charge on any atom is -0.396 e. The fraction of sp³-hybridized carbons (Fsp3) is 0.250. The predicted octanol–water partition coefficient (Wildman–Crippen LogP) is 3.94. The number of rotatable bonds is 5. The van der Waals surface area contributed by atoms with Crippen LogP contribution in [0.4, 0.5) is 0 Å². The van der Waals surface area contributed by atoms with Crippen LogP contribution in [0, 0.1) is 6.92 Å². The fourth-order valence-electron chi connectivity index (χ4n) is 2.71. The van der Waals surface area contributed by atoms with Crippen LogP contribution in [0.5, 0.6) is 0 Å². The van der Waals surface area contributed by atoms with E-state index in [1.165, 1.54) is 5.56 Å². The van der Waals surface area contributed by atoms with Crippen LogP contribution in [0.2, 0.25) is 0 Å². The van der Waals surface area contributed by atoms with Gasteiger partial charge in [0.05, 0.1) is 5.69 Å². The summed E-state index contributed by atoms with van der Waals surface area (Å²) < 4.78 is 2.15. The Balaban J connectivity index is 1.97. The minimum atomic E-state index is 0.183. The van der Waals surface area contributed by atoms with Gasteiger partial charge in [-0.25, -0.2) is 4.98 Å². The SMILES string of the molecule is CCc1nc(-c2ccc(C)cc2)cn1-c1ccc(CCO)cc1. The second kappa shape index (κ2) is 6.80. The Morgan fingerprint density at radius 2 is 1.70 bits per heavy atom. The van der Waals surface area contributed by atoms with E-state index in [1.807, 2.05) is 0 Å². The van der Waals surface area contributed by atoms with Gasteiger partial charge in [-0.05, 0) is 31.0 Å². The highest BCUT2D eigenvalue weighted by Gasteiger charge is 2.10. The molecule has 3 rings (SSSR count). The molecule has 1 aromatic heterocycles. The first-order chi connectivity index (χ1) is 11.2. The van der Waals surface area contributed by atoms with E-state index < -0.39 is 0 Å². The van der Waals surface area contributed by atoms with Gasteiger partial charge in [0.15, 0.2) is 0 Å². The van der Waals surface area contributed by atoms with Crippen LogP contribution in [0.3, 0.4) is 0 Å². The van der Waals surface area contributed by atoms with Crippen molar-refractivity contribution in [2.24, 2.45) is 0 Å². The Labute approximate surface area is 137 Å². The van der Waals surface area contributed by atoms with Gasteiger partial charge in [-0.3, -0.25) is 0 Å². The van der Waals surface area contributed by atoms with Gasteiger partial charge >= 0.3 is 0 Å². The number of aromatic nitrogens is 2. The summed E-state index contributed by atoms with van der Waals surface area (Å²) in [5.41, 5.74) is 5.65. The number of hydrogen-bond donors (Lipinski definition) is 1. The molecule has 118 valence electrons. The number of aliphatic hydroxyl groups excluding tert-OH is 1. The molecule has 0 unspecified atom stereocenters. The van der Waals surface area contributed by atoms with Crippen molar-refractivity contribution in [2.45, 2.75) is 26.7 Å². The molecule has 1 N–H and O–H groups in total. The zero-order valence-electron chi connectivity index (χ0n) is 13.7. The summed E-state index contributed by atoms with van der Waals surface area (Å²) in [6.45, 7) is 4.40. The quantitative estimate of drug-likeness (QED) is 0.775. The third kappa shape index (κ3) is 3.35. The summed E-state index contributed by atoms with van der Waals surface area (Å²) >= 11 is 0. The molecule has 0 saturated carbocycles. The number of hydrogen-bond acceptors (Lipinski definition) is 2. The molecule has 0 aliphatic heterocycles. The van der Waals surface area contributed by atoms with Crippen LogP contribution < -0.4 is 0 Å². The minimum absolute atomic E-state index is 0.183. The Bertz CT molecular complexity index is 770. The van der Waals surface area contributed by atoms with Crippen LogP contribution in [0.15, 0.2) is 54.7 Å². The summed E-state index contributed by atoms with van der Waals surface area (Å²) in [6, 6.07) is 16.8. The van der Waals surface area contributed by atoms with E-state index >= 15 is 0 Å². The second-order valence-corrected chi connectivity index (χ2v) is 5.77. The number of aliphatic hydroxyl groups is 1. The maximum Gasteiger partial charge on any atom is 0.113 e. The van der Waals surface area contributed by atoms with Crippen molar-refractivity contribution in [2.75, 3.05) is 6.61 Å². The van der Waals surface area contributed by atoms with E-state index in [2.05, 4.69) is 73.1 Å². The molecular formula is C20H22N2O. The summed E-state index contributed by atoms with van der Waals surface area (Å²) in [4.78, 5) is 4.79. The number of aryl methyl sites for hydroxylation is 2. The van der Waals surface area contributed by atoms with Crippen LogP contribution in [-0.2, 0) is 12.8 Å². The average molecular weight is 306 g/mol. The van der Waals surface area contributed by atoms with Gasteiger partial charge in [-0.2, -0.15) is 0 Å². The highest BCUT2D eigenvalue weighted by molar-refractivity contribution is 5.60. The number of benzene rings is 2. The average Bonchev–Trinajstić information content (AvgIpc) is 3.01. The molecule has 0 aliphatic carbocycles. The van der Waals surface area contributed by atoms with E-state index in [9.17, 15) is 0 Å². The molecule has 0 amide bonds. The van der Waals surface area contributed by atoms with Crippen molar-refractivity contribution >= 4 is 0 Å². The third-order valence-corrected chi connectivity index (χ3v) is 4.06. The first-order valence-corrected chi connectivity index (χ1v) is 8.06. The lowest BCUT2D eigenvalue weighted by Crippen LogP contribution is -1.99. The fourth-order valence-corrected chi connectivity index (χ4v) is 2.71. The van der Waals surface area contributed by atoms with Gasteiger partial charge in [0.25, 0.3) is 0 Å². The molecule has 0 spiro atoms. The number of imidazole rings is 1. The summed E-state index contributed by atoms with van der Waals surface area (Å²) in [5, 5.41) is 9.02. The van der Waals surface area contributed by atoms with Crippen LogP contribution in [0.25, 0.3) is 16.9 Å². The monoisotopic (exact) mass is 306 g/mol. The largest absolute Gasteiger partial charge is 0.396 e. The lowest BCUT2D eigenvalue weighted by Gasteiger charge is -2.07. The van der Waals surface area contributed by atoms with Gasteiger partial charge in [0.1, 0.15) is 5.82 Å². The van der Waals surface area contributed by atoms with E-state index in [-0.39, 0.29) is 6.61 Å². The maximum absolute atomic E-state index is 9.02. The van der Waals surface area contributed by atoms with E-state index in [1.54, 1.807) is 0 Å². The molecule has 0 fully saturated rings. The van der Waals surface area contributed by atoms with Gasteiger partial charge in [0.2, 0.25) is 0 Å². The molecule has 1 heterocycles. The summed E-state index contributed by atoms with van der Waals surface area (Å²) in [7, 11) is 0. The Kier molecular flexibility index (Phi) is 4.58. The lowest BCUT2D eigenvalue weighted by atomic mass is 10.1. The Hall–Kier alpha value is -2.39. The normalized spacial score (nSPS) is 10.9. The molecule has 2 aromatic carbocycles. The second-order valence-electron chi connectivity index (χ2n) is 5.77. The molecule has 3 aromatic rings. The van der Waals surface area contributed by atoms with Crippen molar-refractivity contribution in [3.63, 3.8) is 0 Å². The molecule has 0 aliphatic rings. The summed E-state index contributed by atoms with van der Waals surface area (Å²) in [5.74, 6) is 1.05. The lowest BCUT2D eigenvalue weighted by molar-refractivity contribution is 0.299. The molecule has 0 bridgehead atoms. The van der Waals surface area contributed by atoms with E-state index in [0.717, 1.165) is 34.8 Å². The number of nitrogens with zero attached hydrogens (tertiary/aromatic N) is 2. The third-order valence-electron chi connectivity index (χ3n) is 4.06. The first-order valence-electron chi connectivity index (χ1n) is 8.06. The standard InChI is InChI=1S/C20H22N2O/c1-3-20-21-19(17-8-4-15(2)5-9-17)14-22(20)18-10-6-16(7-11-18)12-13-23/h4-11,14,23H,3,12-13H2,1-2H3. The Morgan fingerprint density at radius 3 is 2.30 bits per heavy atom. The highest BCUT2D eigenvalue weighted by Crippen LogP contribution is 2.22. The molecule has 3 nitrogen and oxygen atoms in total.